The molecule has 138 valence electrons. The summed E-state index contributed by atoms with van der Waals surface area (Å²) in [5.74, 6) is 0.526. The first kappa shape index (κ1) is 19.1. The summed E-state index contributed by atoms with van der Waals surface area (Å²) in [6.45, 7) is 4.73. The predicted octanol–water partition coefficient (Wildman–Crippen LogP) is 2.33. The third-order valence-electron chi connectivity index (χ3n) is 4.11. The SMILES string of the molecule is COCC[C@@H](C)NC(=O)N1CCCN(C(=O)Oc2ccccc2)CC1. The van der Waals surface area contributed by atoms with Crippen LogP contribution in [0.1, 0.15) is 19.8 Å². The molecule has 25 heavy (non-hydrogen) atoms. The molecule has 0 saturated carbocycles. The minimum atomic E-state index is -0.373. The molecule has 0 aromatic heterocycles. The fourth-order valence-corrected chi connectivity index (χ4v) is 2.63. The number of urea groups is 1. The topological polar surface area (TPSA) is 71.1 Å². The van der Waals surface area contributed by atoms with E-state index in [1.54, 1.807) is 29.0 Å². The lowest BCUT2D eigenvalue weighted by Crippen LogP contribution is -2.46. The van der Waals surface area contributed by atoms with Crippen molar-refractivity contribution >= 4 is 12.1 Å². The van der Waals surface area contributed by atoms with Gasteiger partial charge in [-0.15, -0.1) is 0 Å². The lowest BCUT2D eigenvalue weighted by atomic mass is 10.2. The molecule has 3 amide bonds. The molecule has 1 aromatic carbocycles. The summed E-state index contributed by atoms with van der Waals surface area (Å²) < 4.78 is 10.4. The molecule has 1 saturated heterocycles. The number of hydrogen-bond acceptors (Lipinski definition) is 4. The Balaban J connectivity index is 1.80. The van der Waals surface area contributed by atoms with Gasteiger partial charge in [-0.1, -0.05) is 18.2 Å². The van der Waals surface area contributed by atoms with E-state index in [4.69, 9.17) is 9.47 Å². The van der Waals surface area contributed by atoms with Gasteiger partial charge in [0.15, 0.2) is 0 Å². The van der Waals surface area contributed by atoms with Gasteiger partial charge in [0, 0.05) is 45.9 Å². The van der Waals surface area contributed by atoms with Crippen molar-refractivity contribution in [2.75, 3.05) is 39.9 Å². The van der Waals surface area contributed by atoms with Crippen LogP contribution in [-0.4, -0.2) is 67.9 Å². The second-order valence-corrected chi connectivity index (χ2v) is 6.14. The molecule has 7 heteroatoms. The average molecular weight is 349 g/mol. The largest absolute Gasteiger partial charge is 0.415 e. The van der Waals surface area contributed by atoms with E-state index in [2.05, 4.69) is 5.32 Å². The number of para-hydroxylation sites is 1. The predicted molar refractivity (Wildman–Crippen MR) is 94.7 cm³/mol. The maximum atomic E-state index is 12.3. The number of hydrogen-bond donors (Lipinski definition) is 1. The van der Waals surface area contributed by atoms with Gasteiger partial charge in [-0.2, -0.15) is 0 Å². The number of nitrogens with zero attached hydrogens (tertiary/aromatic N) is 2. The Kier molecular flexibility index (Phi) is 7.53. The molecular weight excluding hydrogens is 322 g/mol. The highest BCUT2D eigenvalue weighted by molar-refractivity contribution is 5.75. The van der Waals surface area contributed by atoms with Gasteiger partial charge in [-0.3, -0.25) is 0 Å². The van der Waals surface area contributed by atoms with Gasteiger partial charge in [0.25, 0.3) is 0 Å². The Labute approximate surface area is 148 Å². The first-order chi connectivity index (χ1) is 12.1. The summed E-state index contributed by atoms with van der Waals surface area (Å²) in [6.07, 6.45) is 1.12. The third-order valence-corrected chi connectivity index (χ3v) is 4.11. The van der Waals surface area contributed by atoms with Crippen molar-refractivity contribution in [1.82, 2.24) is 15.1 Å². The zero-order valence-corrected chi connectivity index (χ0v) is 14.9. The van der Waals surface area contributed by atoms with Crippen LogP contribution < -0.4 is 10.1 Å². The van der Waals surface area contributed by atoms with Crippen LogP contribution in [0, 0.1) is 0 Å². The van der Waals surface area contributed by atoms with Crippen molar-refractivity contribution in [3.8, 4) is 5.75 Å². The van der Waals surface area contributed by atoms with Gasteiger partial charge in [0.2, 0.25) is 0 Å². The Morgan fingerprint density at radius 1 is 1.12 bits per heavy atom. The lowest BCUT2D eigenvalue weighted by Gasteiger charge is -2.24. The van der Waals surface area contributed by atoms with E-state index >= 15 is 0 Å². The van der Waals surface area contributed by atoms with Gasteiger partial charge in [-0.05, 0) is 31.9 Å². The molecule has 0 aliphatic carbocycles. The molecular formula is C18H27N3O4. The summed E-state index contributed by atoms with van der Waals surface area (Å²) in [7, 11) is 1.65. The average Bonchev–Trinajstić information content (AvgIpc) is 2.87. The van der Waals surface area contributed by atoms with Crippen molar-refractivity contribution < 1.29 is 19.1 Å². The molecule has 0 bridgehead atoms. The molecule has 1 fully saturated rings. The summed E-state index contributed by atoms with van der Waals surface area (Å²) >= 11 is 0. The van der Waals surface area contributed by atoms with E-state index in [-0.39, 0.29) is 18.2 Å². The second-order valence-electron chi connectivity index (χ2n) is 6.14. The van der Waals surface area contributed by atoms with E-state index in [1.807, 2.05) is 25.1 Å². The minimum Gasteiger partial charge on any atom is -0.410 e. The molecule has 1 heterocycles. The van der Waals surface area contributed by atoms with E-state index < -0.39 is 0 Å². The molecule has 0 radical (unpaired) electrons. The van der Waals surface area contributed by atoms with Crippen molar-refractivity contribution in [3.63, 3.8) is 0 Å². The Morgan fingerprint density at radius 2 is 1.80 bits per heavy atom. The smallest absolute Gasteiger partial charge is 0.410 e. The van der Waals surface area contributed by atoms with Crippen LogP contribution in [0.3, 0.4) is 0 Å². The van der Waals surface area contributed by atoms with E-state index in [0.29, 0.717) is 38.5 Å². The Hall–Kier alpha value is -2.28. The monoisotopic (exact) mass is 349 g/mol. The highest BCUT2D eigenvalue weighted by atomic mass is 16.6. The lowest BCUT2D eigenvalue weighted by molar-refractivity contribution is 0.152. The van der Waals surface area contributed by atoms with Crippen LogP contribution in [0.5, 0.6) is 5.75 Å². The Morgan fingerprint density at radius 3 is 2.52 bits per heavy atom. The third kappa shape index (κ3) is 6.26. The van der Waals surface area contributed by atoms with Crippen molar-refractivity contribution in [3.05, 3.63) is 30.3 Å². The molecule has 7 nitrogen and oxygen atoms in total. The molecule has 1 aromatic rings. The van der Waals surface area contributed by atoms with Crippen LogP contribution >= 0.6 is 0 Å². The van der Waals surface area contributed by atoms with E-state index in [9.17, 15) is 9.59 Å². The summed E-state index contributed by atoms with van der Waals surface area (Å²) in [4.78, 5) is 28.0. The minimum absolute atomic E-state index is 0.0508. The fraction of sp³-hybridized carbons (Fsp3) is 0.556. The standard InChI is InChI=1S/C18H27N3O4/c1-15(9-14-24-2)19-17(22)20-10-6-11-21(13-12-20)18(23)25-16-7-4-3-5-8-16/h3-5,7-8,15H,6,9-14H2,1-2H3,(H,19,22)/t15-/m1/s1. The van der Waals surface area contributed by atoms with Gasteiger partial charge < -0.3 is 24.6 Å². The zero-order valence-electron chi connectivity index (χ0n) is 14.9. The summed E-state index contributed by atoms with van der Waals surface area (Å²) in [5.41, 5.74) is 0. The number of ether oxygens (including phenoxy) is 2. The van der Waals surface area contributed by atoms with Gasteiger partial charge >= 0.3 is 12.1 Å². The molecule has 1 aliphatic heterocycles. The number of methoxy groups -OCH3 is 1. The van der Waals surface area contributed by atoms with E-state index in [1.165, 1.54) is 0 Å². The molecule has 1 N–H and O–H groups in total. The Bertz CT molecular complexity index is 553. The second kappa shape index (κ2) is 9.88. The quantitative estimate of drug-likeness (QED) is 0.886. The molecule has 2 rings (SSSR count). The van der Waals surface area contributed by atoms with Gasteiger partial charge in [0.1, 0.15) is 5.75 Å². The summed E-state index contributed by atoms with van der Waals surface area (Å²) in [5, 5.41) is 2.97. The number of nitrogens with one attached hydrogen (secondary N) is 1. The van der Waals surface area contributed by atoms with Crippen LogP contribution in [0.2, 0.25) is 0 Å². The first-order valence-corrected chi connectivity index (χ1v) is 8.66. The normalized spacial score (nSPS) is 16.1. The zero-order chi connectivity index (χ0) is 18.1. The first-order valence-electron chi connectivity index (χ1n) is 8.66. The van der Waals surface area contributed by atoms with E-state index in [0.717, 1.165) is 12.8 Å². The number of carbonyl (C=O) groups excluding carboxylic acids is 2. The molecule has 0 unspecified atom stereocenters. The molecule has 0 spiro atoms. The van der Waals surface area contributed by atoms with Crippen LogP contribution in [0.15, 0.2) is 30.3 Å². The highest BCUT2D eigenvalue weighted by Crippen LogP contribution is 2.12. The molecule has 1 aliphatic rings. The maximum Gasteiger partial charge on any atom is 0.415 e. The number of benzene rings is 1. The number of rotatable bonds is 5. The number of carbonyl (C=O) groups is 2. The van der Waals surface area contributed by atoms with Crippen LogP contribution in [-0.2, 0) is 4.74 Å². The van der Waals surface area contributed by atoms with Crippen molar-refractivity contribution in [2.24, 2.45) is 0 Å². The van der Waals surface area contributed by atoms with Crippen LogP contribution in [0.4, 0.5) is 9.59 Å². The van der Waals surface area contributed by atoms with Crippen molar-refractivity contribution in [1.29, 1.82) is 0 Å². The maximum absolute atomic E-state index is 12.3. The fourth-order valence-electron chi connectivity index (χ4n) is 2.63. The highest BCUT2D eigenvalue weighted by Gasteiger charge is 2.23. The number of amides is 3. The molecule has 1 atom stereocenters. The summed E-state index contributed by atoms with van der Waals surface area (Å²) in [6, 6.07) is 8.96. The van der Waals surface area contributed by atoms with Gasteiger partial charge in [0.05, 0.1) is 0 Å². The van der Waals surface area contributed by atoms with Crippen molar-refractivity contribution in [2.45, 2.75) is 25.8 Å². The van der Waals surface area contributed by atoms with Crippen LogP contribution in [0.25, 0.3) is 0 Å². The van der Waals surface area contributed by atoms with Gasteiger partial charge in [-0.25, -0.2) is 9.59 Å².